The number of carbonyl (C=O) groups excluding carboxylic acids is 3. The standard InChI is InChI=1S/C24H39N7O5S/c1-13-19-18(14(2)28-17(32)12-26-3)23(34)31(19)20(24(35)36)21(13)37-15-10-16(27-11-15)22(33)30-8-6-29(5-4-25)7-9-30/h13-16,18-19,26-27H,4-12,25H2,1-3H3,(H,28,32)(H,35,36)/t13-,14-,15+,16+,18-,19+/m1/s1. The summed E-state index contributed by atoms with van der Waals surface area (Å²) < 4.78 is 0. The second-order valence-corrected chi connectivity index (χ2v) is 11.7. The van der Waals surface area contributed by atoms with Crippen molar-refractivity contribution in [3.63, 3.8) is 0 Å². The summed E-state index contributed by atoms with van der Waals surface area (Å²) in [5, 5.41) is 19.0. The van der Waals surface area contributed by atoms with Gasteiger partial charge in [0, 0.05) is 67.9 Å². The number of rotatable bonds is 10. The average molecular weight is 538 g/mol. The predicted molar refractivity (Wildman–Crippen MR) is 139 cm³/mol. The molecule has 0 unspecified atom stereocenters. The van der Waals surface area contributed by atoms with E-state index in [0.717, 1.165) is 19.6 Å². The topological polar surface area (TPSA) is 160 Å². The highest BCUT2D eigenvalue weighted by atomic mass is 32.2. The highest BCUT2D eigenvalue weighted by Gasteiger charge is 2.60. The first-order valence-electron chi connectivity index (χ1n) is 13.0. The Bertz CT molecular complexity index is 954. The van der Waals surface area contributed by atoms with Gasteiger partial charge < -0.3 is 36.6 Å². The van der Waals surface area contributed by atoms with E-state index in [9.17, 15) is 24.3 Å². The molecule has 0 aromatic carbocycles. The Balaban J connectivity index is 1.38. The van der Waals surface area contributed by atoms with Crippen molar-refractivity contribution >= 4 is 35.5 Å². The van der Waals surface area contributed by atoms with Gasteiger partial charge in [0.2, 0.25) is 17.7 Å². The van der Waals surface area contributed by atoms with Gasteiger partial charge in [-0.3, -0.25) is 19.3 Å². The minimum atomic E-state index is -1.12. The molecule has 0 radical (unpaired) electrons. The molecule has 206 valence electrons. The molecule has 0 aromatic heterocycles. The molecule has 0 saturated carbocycles. The first-order chi connectivity index (χ1) is 17.7. The lowest BCUT2D eigenvalue weighted by molar-refractivity contribution is -0.158. The Morgan fingerprint density at radius 1 is 1.24 bits per heavy atom. The van der Waals surface area contributed by atoms with E-state index in [1.165, 1.54) is 16.7 Å². The summed E-state index contributed by atoms with van der Waals surface area (Å²) in [6.45, 7) is 8.93. The number of aliphatic carboxylic acids is 1. The van der Waals surface area contributed by atoms with E-state index < -0.39 is 17.9 Å². The van der Waals surface area contributed by atoms with Crippen LogP contribution in [0.3, 0.4) is 0 Å². The van der Waals surface area contributed by atoms with Gasteiger partial charge in [0.25, 0.3) is 0 Å². The number of carboxylic acids is 1. The minimum absolute atomic E-state index is 0.0271. The molecule has 0 bridgehead atoms. The lowest BCUT2D eigenvalue weighted by Gasteiger charge is -2.47. The molecule has 3 saturated heterocycles. The van der Waals surface area contributed by atoms with Crippen molar-refractivity contribution in [1.82, 2.24) is 30.7 Å². The van der Waals surface area contributed by atoms with Gasteiger partial charge in [0.05, 0.1) is 24.5 Å². The van der Waals surface area contributed by atoms with Crippen LogP contribution in [0.4, 0.5) is 0 Å². The fourth-order valence-electron chi connectivity index (χ4n) is 6.01. The number of carboxylic acid groups (broad SMARTS) is 1. The molecule has 12 nitrogen and oxygen atoms in total. The van der Waals surface area contributed by atoms with Crippen molar-refractivity contribution < 1.29 is 24.3 Å². The lowest BCUT2D eigenvalue weighted by atomic mass is 9.78. The molecule has 6 atom stereocenters. The van der Waals surface area contributed by atoms with E-state index >= 15 is 0 Å². The van der Waals surface area contributed by atoms with E-state index in [-0.39, 0.29) is 53.2 Å². The zero-order valence-corrected chi connectivity index (χ0v) is 22.6. The van der Waals surface area contributed by atoms with E-state index in [2.05, 4.69) is 20.9 Å². The van der Waals surface area contributed by atoms with Gasteiger partial charge in [0.15, 0.2) is 0 Å². The zero-order chi connectivity index (χ0) is 26.9. The number of nitrogens with two attached hydrogens (primary N) is 1. The number of thioether (sulfide) groups is 1. The Kier molecular flexibility index (Phi) is 8.79. The first kappa shape index (κ1) is 27.8. The van der Waals surface area contributed by atoms with E-state index in [1.807, 2.05) is 11.8 Å². The molecular weight excluding hydrogens is 498 g/mol. The number of nitrogens with zero attached hydrogens (tertiary/aromatic N) is 3. The van der Waals surface area contributed by atoms with Crippen LogP contribution in [0.2, 0.25) is 0 Å². The van der Waals surface area contributed by atoms with Crippen LogP contribution in [-0.4, -0.2) is 126 Å². The number of likely N-dealkylation sites (N-methyl/N-ethyl adjacent to an activating group) is 1. The number of amides is 3. The predicted octanol–water partition coefficient (Wildman–Crippen LogP) is -1.95. The van der Waals surface area contributed by atoms with Crippen molar-refractivity contribution in [1.29, 1.82) is 0 Å². The van der Waals surface area contributed by atoms with Crippen molar-refractivity contribution in [2.45, 2.75) is 43.6 Å². The van der Waals surface area contributed by atoms with Crippen LogP contribution >= 0.6 is 11.8 Å². The third-order valence-electron chi connectivity index (χ3n) is 7.87. The van der Waals surface area contributed by atoms with Crippen molar-refractivity contribution in [3.05, 3.63) is 10.6 Å². The summed E-state index contributed by atoms with van der Waals surface area (Å²) in [6.07, 6.45) is 0.605. The van der Waals surface area contributed by atoms with Gasteiger partial charge in [-0.2, -0.15) is 0 Å². The fourth-order valence-corrected chi connectivity index (χ4v) is 7.49. The van der Waals surface area contributed by atoms with E-state index in [0.29, 0.717) is 37.5 Å². The quantitative estimate of drug-likeness (QED) is 0.198. The molecule has 0 spiro atoms. The fraction of sp³-hybridized carbons (Fsp3) is 0.750. The van der Waals surface area contributed by atoms with E-state index in [1.54, 1.807) is 14.0 Å². The summed E-state index contributed by atoms with van der Waals surface area (Å²) in [5.74, 6) is -2.16. The van der Waals surface area contributed by atoms with Crippen molar-refractivity contribution in [2.24, 2.45) is 17.6 Å². The molecule has 4 aliphatic rings. The van der Waals surface area contributed by atoms with Crippen LogP contribution in [-0.2, 0) is 19.2 Å². The Morgan fingerprint density at radius 2 is 1.95 bits per heavy atom. The number of hydrogen-bond donors (Lipinski definition) is 5. The number of β-lactam (4-membered cyclic amide) rings is 1. The molecule has 13 heteroatoms. The molecule has 4 heterocycles. The summed E-state index contributed by atoms with van der Waals surface area (Å²) in [4.78, 5) is 56.6. The molecule has 0 aromatic rings. The normalized spacial score (nSPS) is 30.8. The van der Waals surface area contributed by atoms with Crippen LogP contribution in [0, 0.1) is 11.8 Å². The van der Waals surface area contributed by atoms with Crippen LogP contribution in [0.5, 0.6) is 0 Å². The van der Waals surface area contributed by atoms with Gasteiger partial charge in [-0.25, -0.2) is 4.79 Å². The molecule has 4 rings (SSSR count). The van der Waals surface area contributed by atoms with Crippen LogP contribution < -0.4 is 21.7 Å². The van der Waals surface area contributed by atoms with Gasteiger partial charge in [0.1, 0.15) is 5.70 Å². The SMILES string of the molecule is CNCC(=O)N[C@H](C)[C@H]1C(=O)N2C(C(=O)O)=C(S[C@@H]3CN[C@H](C(=O)N4CCN(CCN)CC4)C3)[C@H](C)[C@@H]12. The van der Waals surface area contributed by atoms with Crippen molar-refractivity contribution in [3.8, 4) is 0 Å². The number of nitrogens with one attached hydrogen (secondary N) is 3. The molecular formula is C24H39N7O5S. The Hall–Kier alpha value is -2.19. The zero-order valence-electron chi connectivity index (χ0n) is 21.7. The molecule has 37 heavy (non-hydrogen) atoms. The van der Waals surface area contributed by atoms with Crippen LogP contribution in [0.25, 0.3) is 0 Å². The molecule has 4 aliphatic heterocycles. The van der Waals surface area contributed by atoms with Crippen LogP contribution in [0.15, 0.2) is 10.6 Å². The monoisotopic (exact) mass is 537 g/mol. The van der Waals surface area contributed by atoms with Gasteiger partial charge in [-0.1, -0.05) is 6.92 Å². The number of piperazine rings is 1. The molecule has 0 aliphatic carbocycles. The summed E-state index contributed by atoms with van der Waals surface area (Å²) in [7, 11) is 1.67. The van der Waals surface area contributed by atoms with Gasteiger partial charge in [-0.05, 0) is 20.4 Å². The third-order valence-corrected chi connectivity index (χ3v) is 9.38. The molecule has 3 amide bonds. The summed E-state index contributed by atoms with van der Waals surface area (Å²) >= 11 is 1.47. The number of carbonyl (C=O) groups is 4. The smallest absolute Gasteiger partial charge is 0.353 e. The maximum Gasteiger partial charge on any atom is 0.353 e. The highest BCUT2D eigenvalue weighted by molar-refractivity contribution is 8.03. The number of fused-ring (bicyclic) bond motifs is 1. The highest BCUT2D eigenvalue weighted by Crippen LogP contribution is 2.51. The second kappa shape index (κ2) is 11.7. The molecule has 6 N–H and O–H groups in total. The maximum absolute atomic E-state index is 13.1. The third kappa shape index (κ3) is 5.51. The molecule has 3 fully saturated rings. The van der Waals surface area contributed by atoms with E-state index in [4.69, 9.17) is 5.73 Å². The number of hydrogen-bond acceptors (Lipinski definition) is 9. The van der Waals surface area contributed by atoms with Crippen molar-refractivity contribution in [2.75, 3.05) is 59.4 Å². The summed E-state index contributed by atoms with van der Waals surface area (Å²) in [5.41, 5.74) is 5.68. The van der Waals surface area contributed by atoms with Gasteiger partial charge in [-0.15, -0.1) is 11.8 Å². The maximum atomic E-state index is 13.1. The van der Waals surface area contributed by atoms with Crippen LogP contribution in [0.1, 0.15) is 20.3 Å². The second-order valence-electron chi connectivity index (χ2n) is 10.3. The first-order valence-corrected chi connectivity index (χ1v) is 13.9. The minimum Gasteiger partial charge on any atom is -0.477 e. The average Bonchev–Trinajstić information content (AvgIpc) is 3.41. The summed E-state index contributed by atoms with van der Waals surface area (Å²) in [6, 6.07) is -1.00. The Morgan fingerprint density at radius 3 is 2.57 bits per heavy atom. The Labute approximate surface area is 221 Å². The largest absolute Gasteiger partial charge is 0.477 e. The lowest BCUT2D eigenvalue weighted by Crippen LogP contribution is -2.66. The van der Waals surface area contributed by atoms with Gasteiger partial charge >= 0.3 is 5.97 Å².